The van der Waals surface area contributed by atoms with E-state index >= 15 is 0 Å². The number of hydrogen-bond donors (Lipinski definition) is 0. The van der Waals surface area contributed by atoms with Crippen molar-refractivity contribution in [3.8, 4) is 0 Å². The second-order valence-corrected chi connectivity index (χ2v) is 2.64. The lowest BCUT2D eigenvalue weighted by molar-refractivity contribution is 0.0426. The van der Waals surface area contributed by atoms with Gasteiger partial charge in [0.05, 0.1) is 13.2 Å². The summed E-state index contributed by atoms with van der Waals surface area (Å²) in [4.78, 5) is 0. The summed E-state index contributed by atoms with van der Waals surface area (Å²) in [6.07, 6.45) is 0. The molecule has 2 nitrogen and oxygen atoms in total. The zero-order chi connectivity index (χ0) is 5.11. The summed E-state index contributed by atoms with van der Waals surface area (Å²) in [6.45, 7) is 1.15. The van der Waals surface area contributed by atoms with Crippen LogP contribution in [0.1, 0.15) is 0 Å². The average Bonchev–Trinajstić information content (AvgIpc) is 1.69. The van der Waals surface area contributed by atoms with Gasteiger partial charge in [0.15, 0.2) is 5.44 Å². The molecule has 3 heteroatoms. The van der Waals surface area contributed by atoms with Crippen LogP contribution in [-0.4, -0.2) is 24.4 Å². The number of hydrogen-bond acceptors (Lipinski definition) is 2. The van der Waals surface area contributed by atoms with E-state index in [4.69, 9.17) is 4.74 Å². The van der Waals surface area contributed by atoms with Crippen molar-refractivity contribution in [2.45, 2.75) is 5.44 Å². The first-order valence-electron chi connectivity index (χ1n) is 2.25. The molecule has 7 heavy (non-hydrogen) atoms. The Morgan fingerprint density at radius 2 is 2.57 bits per heavy atom. The van der Waals surface area contributed by atoms with Gasteiger partial charge in [-0.05, 0) is 0 Å². The number of ether oxygens (including phenoxy) is 1. The fourth-order valence-corrected chi connectivity index (χ4v) is 1.14. The first-order valence-corrected chi connectivity index (χ1v) is 3.29. The molecule has 0 N–H and O–H groups in total. The van der Waals surface area contributed by atoms with E-state index in [1.54, 1.807) is 0 Å². The van der Waals surface area contributed by atoms with Gasteiger partial charge in [0, 0.05) is 5.75 Å². The van der Waals surface area contributed by atoms with Gasteiger partial charge in [-0.2, -0.15) is 0 Å². The van der Waals surface area contributed by atoms with Gasteiger partial charge in [-0.25, -0.2) is 5.11 Å². The van der Waals surface area contributed by atoms with Crippen LogP contribution in [0.3, 0.4) is 0 Å². The lowest BCUT2D eigenvalue weighted by Gasteiger charge is -2.13. The van der Waals surface area contributed by atoms with E-state index in [0.29, 0.717) is 6.61 Å². The van der Waals surface area contributed by atoms with Gasteiger partial charge in [-0.3, -0.25) is 0 Å². The zero-order valence-electron chi connectivity index (χ0n) is 3.92. The van der Waals surface area contributed by atoms with Crippen molar-refractivity contribution in [1.29, 1.82) is 0 Å². The molecule has 1 saturated heterocycles. The highest BCUT2D eigenvalue weighted by atomic mass is 32.2. The molecule has 0 aromatic heterocycles. The Balaban J connectivity index is 2.12. The smallest absolute Gasteiger partial charge is 0.162 e. The summed E-state index contributed by atoms with van der Waals surface area (Å²) in [7, 11) is 0. The van der Waals surface area contributed by atoms with Gasteiger partial charge in [0.25, 0.3) is 0 Å². The highest BCUT2D eigenvalue weighted by Gasteiger charge is 2.10. The molecule has 0 spiro atoms. The zero-order valence-corrected chi connectivity index (χ0v) is 4.74. The quantitative estimate of drug-likeness (QED) is 0.465. The van der Waals surface area contributed by atoms with Crippen LogP contribution in [0.4, 0.5) is 0 Å². The standard InChI is InChI=1S/C4H7O2S/c5-4-3-6-1-2-7-4/h4H,1-3H2. The molecule has 1 fully saturated rings. The lowest BCUT2D eigenvalue weighted by Crippen LogP contribution is -2.18. The minimum atomic E-state index is -0.520. The predicted molar refractivity (Wildman–Crippen MR) is 27.8 cm³/mol. The molecule has 1 rings (SSSR count). The molecule has 1 aliphatic rings. The maximum absolute atomic E-state index is 10.4. The highest BCUT2D eigenvalue weighted by molar-refractivity contribution is 7.99. The number of thioether (sulfide) groups is 1. The van der Waals surface area contributed by atoms with E-state index in [2.05, 4.69) is 0 Å². The van der Waals surface area contributed by atoms with Crippen LogP contribution in [0.2, 0.25) is 0 Å². The normalized spacial score (nSPS) is 33.0. The van der Waals surface area contributed by atoms with E-state index in [9.17, 15) is 5.11 Å². The fraction of sp³-hybridized carbons (Fsp3) is 1.00. The molecule has 1 atom stereocenters. The van der Waals surface area contributed by atoms with Crippen LogP contribution in [0.25, 0.3) is 0 Å². The molecule has 1 aliphatic heterocycles. The molecule has 0 amide bonds. The first-order chi connectivity index (χ1) is 3.39. The highest BCUT2D eigenvalue weighted by Crippen LogP contribution is 2.12. The van der Waals surface area contributed by atoms with Crippen molar-refractivity contribution in [3.05, 3.63) is 0 Å². The van der Waals surface area contributed by atoms with Crippen molar-refractivity contribution >= 4 is 11.8 Å². The van der Waals surface area contributed by atoms with Crippen LogP contribution in [-0.2, 0) is 9.84 Å². The van der Waals surface area contributed by atoms with Gasteiger partial charge in [0.1, 0.15) is 0 Å². The van der Waals surface area contributed by atoms with E-state index in [0.717, 1.165) is 12.4 Å². The summed E-state index contributed by atoms with van der Waals surface area (Å²) in [5, 5.41) is 10.4. The second kappa shape index (κ2) is 2.55. The van der Waals surface area contributed by atoms with E-state index in [1.165, 1.54) is 11.8 Å². The van der Waals surface area contributed by atoms with Gasteiger partial charge < -0.3 is 4.74 Å². The summed E-state index contributed by atoms with van der Waals surface area (Å²) < 4.78 is 4.85. The Hall–Kier alpha value is 0.270. The fourth-order valence-electron chi connectivity index (χ4n) is 0.466. The topological polar surface area (TPSA) is 29.1 Å². The van der Waals surface area contributed by atoms with Crippen molar-refractivity contribution in [1.82, 2.24) is 0 Å². The minimum Gasteiger partial charge on any atom is -0.377 e. The maximum Gasteiger partial charge on any atom is 0.162 e. The van der Waals surface area contributed by atoms with Gasteiger partial charge in [-0.1, -0.05) is 0 Å². The Morgan fingerprint density at radius 3 is 2.86 bits per heavy atom. The van der Waals surface area contributed by atoms with Crippen molar-refractivity contribution in [2.75, 3.05) is 19.0 Å². The molecule has 0 aromatic carbocycles. The van der Waals surface area contributed by atoms with Crippen molar-refractivity contribution in [2.24, 2.45) is 0 Å². The Morgan fingerprint density at radius 1 is 1.71 bits per heavy atom. The third kappa shape index (κ3) is 1.67. The van der Waals surface area contributed by atoms with Gasteiger partial charge in [-0.15, -0.1) is 11.8 Å². The summed E-state index contributed by atoms with van der Waals surface area (Å²) in [5.41, 5.74) is -0.520. The molecule has 0 saturated carbocycles. The molecular formula is C4H7O2S. The largest absolute Gasteiger partial charge is 0.377 e. The SMILES string of the molecule is [O]C1COCCS1. The van der Waals surface area contributed by atoms with Crippen LogP contribution >= 0.6 is 11.8 Å². The van der Waals surface area contributed by atoms with Crippen LogP contribution in [0, 0.1) is 0 Å². The van der Waals surface area contributed by atoms with Gasteiger partial charge in [0.2, 0.25) is 0 Å². The monoisotopic (exact) mass is 119 g/mol. The molecule has 0 aliphatic carbocycles. The van der Waals surface area contributed by atoms with E-state index in [-0.39, 0.29) is 0 Å². The number of rotatable bonds is 0. The molecule has 1 radical (unpaired) electrons. The molecular weight excluding hydrogens is 112 g/mol. The molecule has 0 aromatic rings. The van der Waals surface area contributed by atoms with Gasteiger partial charge >= 0.3 is 0 Å². The van der Waals surface area contributed by atoms with Crippen LogP contribution in [0.5, 0.6) is 0 Å². The molecule has 41 valence electrons. The van der Waals surface area contributed by atoms with E-state index < -0.39 is 5.44 Å². The maximum atomic E-state index is 10.4. The molecule has 1 unspecified atom stereocenters. The summed E-state index contributed by atoms with van der Waals surface area (Å²) in [6, 6.07) is 0. The van der Waals surface area contributed by atoms with Crippen molar-refractivity contribution in [3.63, 3.8) is 0 Å². The third-order valence-corrected chi connectivity index (χ3v) is 1.70. The van der Waals surface area contributed by atoms with Crippen LogP contribution in [0.15, 0.2) is 0 Å². The summed E-state index contributed by atoms with van der Waals surface area (Å²) in [5.74, 6) is 0.869. The third-order valence-electron chi connectivity index (χ3n) is 0.785. The first kappa shape index (κ1) is 5.41. The van der Waals surface area contributed by atoms with E-state index in [1.807, 2.05) is 0 Å². The van der Waals surface area contributed by atoms with Crippen molar-refractivity contribution < 1.29 is 9.84 Å². The molecule has 1 heterocycles. The minimum absolute atomic E-state index is 0.394. The predicted octanol–water partition coefficient (Wildman–Crippen LogP) is 0.506. The second-order valence-electron chi connectivity index (χ2n) is 1.38. The Kier molecular flexibility index (Phi) is 1.97. The summed E-state index contributed by atoms with van der Waals surface area (Å²) >= 11 is 1.44. The van der Waals surface area contributed by atoms with Crippen LogP contribution < -0.4 is 0 Å². The molecule has 0 bridgehead atoms. The Labute approximate surface area is 46.9 Å². The Bertz CT molecular complexity index is 51.7. The average molecular weight is 119 g/mol. The lowest BCUT2D eigenvalue weighted by atomic mass is 10.7.